The molecular formula is C24H24BrN3O3S. The van der Waals surface area contributed by atoms with Gasteiger partial charge in [0, 0.05) is 36.9 Å². The highest BCUT2D eigenvalue weighted by molar-refractivity contribution is 9.10. The molecule has 0 heterocycles. The van der Waals surface area contributed by atoms with E-state index in [1.54, 1.807) is 24.3 Å². The van der Waals surface area contributed by atoms with Gasteiger partial charge < -0.3 is 15.8 Å². The first-order chi connectivity index (χ1) is 15.1. The van der Waals surface area contributed by atoms with Gasteiger partial charge in [0.2, 0.25) is 0 Å². The molecule has 2 amide bonds. The van der Waals surface area contributed by atoms with Crippen LogP contribution in [0.1, 0.15) is 31.1 Å². The molecule has 0 unspecified atom stereocenters. The van der Waals surface area contributed by atoms with Gasteiger partial charge in [-0.15, -0.1) is 0 Å². The lowest BCUT2D eigenvalue weighted by molar-refractivity contribution is 0.0635. The third-order valence-electron chi connectivity index (χ3n) is 4.10. The van der Waals surface area contributed by atoms with Gasteiger partial charge in [-0.3, -0.25) is 10.1 Å². The molecule has 3 aromatic carbocycles. The van der Waals surface area contributed by atoms with Gasteiger partial charge in [-0.05, 0) is 87.5 Å². The molecule has 166 valence electrons. The Bertz CT molecular complexity index is 1110. The fourth-order valence-electron chi connectivity index (χ4n) is 2.67. The van der Waals surface area contributed by atoms with E-state index < -0.39 is 11.7 Å². The summed E-state index contributed by atoms with van der Waals surface area (Å²) in [6, 6.07) is 19.9. The fourth-order valence-corrected chi connectivity index (χ4v) is 3.78. The second kappa shape index (κ2) is 10.1. The topological polar surface area (TPSA) is 93.4 Å². The molecule has 0 saturated heterocycles. The van der Waals surface area contributed by atoms with Crippen molar-refractivity contribution in [2.75, 3.05) is 16.4 Å². The van der Waals surface area contributed by atoms with Gasteiger partial charge in [0.1, 0.15) is 5.60 Å². The van der Waals surface area contributed by atoms with E-state index in [4.69, 9.17) is 10.5 Å². The number of hydrogen-bond donors (Lipinski definition) is 3. The summed E-state index contributed by atoms with van der Waals surface area (Å²) in [4.78, 5) is 26.2. The Hall–Kier alpha value is -2.97. The first-order valence-electron chi connectivity index (χ1n) is 9.83. The van der Waals surface area contributed by atoms with Crippen LogP contribution in [0, 0.1) is 0 Å². The second-order valence-electron chi connectivity index (χ2n) is 7.97. The number of nitrogen functional groups attached to an aromatic ring is 1. The Kier molecular flexibility index (Phi) is 7.48. The number of carbonyl (C=O) groups excluding carboxylic acids is 2. The van der Waals surface area contributed by atoms with Gasteiger partial charge in [-0.1, -0.05) is 27.7 Å². The molecule has 6 nitrogen and oxygen atoms in total. The maximum atomic E-state index is 12.5. The molecule has 0 fully saturated rings. The Morgan fingerprint density at radius 3 is 2.09 bits per heavy atom. The van der Waals surface area contributed by atoms with Crippen LogP contribution in [0.4, 0.5) is 21.9 Å². The van der Waals surface area contributed by atoms with Crippen LogP contribution >= 0.6 is 27.7 Å². The zero-order valence-electron chi connectivity index (χ0n) is 17.9. The van der Waals surface area contributed by atoms with Crippen LogP contribution in [0.3, 0.4) is 0 Å². The van der Waals surface area contributed by atoms with E-state index in [-0.39, 0.29) is 5.91 Å². The summed E-state index contributed by atoms with van der Waals surface area (Å²) in [7, 11) is 0. The van der Waals surface area contributed by atoms with Crippen LogP contribution in [-0.4, -0.2) is 17.6 Å². The summed E-state index contributed by atoms with van der Waals surface area (Å²) >= 11 is 4.84. The summed E-state index contributed by atoms with van der Waals surface area (Å²) in [6.45, 7) is 5.44. The zero-order valence-corrected chi connectivity index (χ0v) is 20.3. The molecule has 0 aliphatic carbocycles. The molecule has 0 radical (unpaired) electrons. The minimum absolute atomic E-state index is 0.229. The summed E-state index contributed by atoms with van der Waals surface area (Å²) < 4.78 is 6.19. The van der Waals surface area contributed by atoms with Crippen molar-refractivity contribution in [2.24, 2.45) is 0 Å². The van der Waals surface area contributed by atoms with E-state index in [9.17, 15) is 9.59 Å². The highest BCUT2D eigenvalue weighted by Gasteiger charge is 2.16. The molecule has 0 aromatic heterocycles. The summed E-state index contributed by atoms with van der Waals surface area (Å²) in [5.74, 6) is -0.229. The standard InChI is InChI=1S/C24H24BrN3O3S/c1-24(2,3)31-23(30)28-18-9-11-19(12-10-18)32-21-13-4-15(14-20(21)26)22(29)27-17-7-5-16(25)6-8-17/h4-14H,26H2,1-3H3,(H,27,29)(H,28,30). The average molecular weight is 514 g/mol. The van der Waals surface area contributed by atoms with Crippen molar-refractivity contribution < 1.29 is 14.3 Å². The van der Waals surface area contributed by atoms with Crippen molar-refractivity contribution in [3.63, 3.8) is 0 Å². The molecule has 8 heteroatoms. The van der Waals surface area contributed by atoms with Gasteiger partial charge in [0.25, 0.3) is 5.91 Å². The molecule has 0 saturated carbocycles. The second-order valence-corrected chi connectivity index (χ2v) is 10.00. The van der Waals surface area contributed by atoms with E-state index in [0.717, 1.165) is 14.3 Å². The van der Waals surface area contributed by atoms with Crippen LogP contribution in [0.15, 0.2) is 81.0 Å². The lowest BCUT2D eigenvalue weighted by atomic mass is 10.2. The molecule has 0 bridgehead atoms. The third kappa shape index (κ3) is 7.03. The maximum absolute atomic E-state index is 12.5. The summed E-state index contributed by atoms with van der Waals surface area (Å²) in [5, 5.41) is 5.55. The third-order valence-corrected chi connectivity index (χ3v) is 5.73. The number of nitrogens with one attached hydrogen (secondary N) is 2. The smallest absolute Gasteiger partial charge is 0.412 e. The molecule has 4 N–H and O–H groups in total. The lowest BCUT2D eigenvalue weighted by Gasteiger charge is -2.19. The minimum Gasteiger partial charge on any atom is -0.444 e. The Labute approximate surface area is 200 Å². The Balaban J connectivity index is 1.62. The van der Waals surface area contributed by atoms with Gasteiger partial charge in [-0.25, -0.2) is 4.79 Å². The zero-order chi connectivity index (χ0) is 23.3. The minimum atomic E-state index is -0.557. The number of anilines is 3. The molecule has 0 atom stereocenters. The molecule has 3 rings (SSSR count). The lowest BCUT2D eigenvalue weighted by Crippen LogP contribution is -2.27. The number of rotatable bonds is 5. The van der Waals surface area contributed by atoms with Crippen molar-refractivity contribution in [1.82, 2.24) is 0 Å². The van der Waals surface area contributed by atoms with Gasteiger partial charge in [0.15, 0.2) is 0 Å². The normalized spacial score (nSPS) is 11.0. The number of hydrogen-bond acceptors (Lipinski definition) is 5. The largest absolute Gasteiger partial charge is 0.444 e. The van der Waals surface area contributed by atoms with Crippen LogP contribution in [0.25, 0.3) is 0 Å². The van der Waals surface area contributed by atoms with E-state index in [1.807, 2.05) is 63.2 Å². The van der Waals surface area contributed by atoms with Gasteiger partial charge in [0.05, 0.1) is 0 Å². The van der Waals surface area contributed by atoms with E-state index in [1.165, 1.54) is 11.8 Å². The van der Waals surface area contributed by atoms with E-state index in [0.29, 0.717) is 22.6 Å². The highest BCUT2D eigenvalue weighted by Crippen LogP contribution is 2.33. The Morgan fingerprint density at radius 1 is 0.906 bits per heavy atom. The van der Waals surface area contributed by atoms with Crippen molar-refractivity contribution in [3.05, 3.63) is 76.8 Å². The van der Waals surface area contributed by atoms with Crippen molar-refractivity contribution in [3.8, 4) is 0 Å². The summed E-state index contributed by atoms with van der Waals surface area (Å²) in [6.07, 6.45) is -0.501. The predicted molar refractivity (Wildman–Crippen MR) is 133 cm³/mol. The van der Waals surface area contributed by atoms with E-state index in [2.05, 4.69) is 26.6 Å². The molecule has 0 aliphatic rings. The SMILES string of the molecule is CC(C)(C)OC(=O)Nc1ccc(Sc2ccc(C(=O)Nc3ccc(Br)cc3)cc2N)cc1. The molecule has 0 spiro atoms. The summed E-state index contributed by atoms with van der Waals surface area (Å²) in [5.41, 5.74) is 7.96. The molecule has 3 aromatic rings. The maximum Gasteiger partial charge on any atom is 0.412 e. The molecule has 32 heavy (non-hydrogen) atoms. The number of halogens is 1. The quantitative estimate of drug-likeness (QED) is 0.326. The first-order valence-corrected chi connectivity index (χ1v) is 11.4. The number of amides is 2. The van der Waals surface area contributed by atoms with Crippen molar-refractivity contribution in [1.29, 1.82) is 0 Å². The van der Waals surface area contributed by atoms with Crippen LogP contribution < -0.4 is 16.4 Å². The van der Waals surface area contributed by atoms with Crippen LogP contribution in [0.5, 0.6) is 0 Å². The number of benzene rings is 3. The van der Waals surface area contributed by atoms with Crippen molar-refractivity contribution >= 4 is 56.8 Å². The average Bonchev–Trinajstić information content (AvgIpc) is 2.71. The van der Waals surface area contributed by atoms with Crippen LogP contribution in [0.2, 0.25) is 0 Å². The predicted octanol–water partition coefficient (Wildman–Crippen LogP) is 6.78. The number of ether oxygens (including phenoxy) is 1. The molecular weight excluding hydrogens is 490 g/mol. The number of carbonyl (C=O) groups is 2. The van der Waals surface area contributed by atoms with Crippen molar-refractivity contribution in [2.45, 2.75) is 36.2 Å². The first kappa shape index (κ1) is 23.7. The van der Waals surface area contributed by atoms with Crippen LogP contribution in [-0.2, 0) is 4.74 Å². The number of nitrogens with two attached hydrogens (primary N) is 1. The van der Waals surface area contributed by atoms with Gasteiger partial charge in [-0.2, -0.15) is 0 Å². The van der Waals surface area contributed by atoms with E-state index >= 15 is 0 Å². The highest BCUT2D eigenvalue weighted by atomic mass is 79.9. The Morgan fingerprint density at radius 2 is 1.50 bits per heavy atom. The molecule has 0 aliphatic heterocycles. The van der Waals surface area contributed by atoms with Gasteiger partial charge >= 0.3 is 6.09 Å². The fraction of sp³-hybridized carbons (Fsp3) is 0.167. The monoisotopic (exact) mass is 513 g/mol.